The SMILES string of the molecule is CC(C)(C)NC(=O)NC(C(=O)N1CC2C(C1C(=O)NC(CC1(O)C(O)(O)C(N)(N)C1(O)O)C(=O)C(N)=O)C2(C)C)C(C)(C)C. The van der Waals surface area contributed by atoms with Gasteiger partial charge in [0.05, 0.1) is 0 Å². The monoisotopic (exact) mass is 629 g/mol. The molecule has 14 N–H and O–H groups in total. The molecule has 1 heterocycles. The predicted octanol–water partition coefficient (Wildman–Crippen LogP) is -4.37. The van der Waals surface area contributed by atoms with Crippen molar-refractivity contribution in [2.24, 2.45) is 39.9 Å². The van der Waals surface area contributed by atoms with Crippen LogP contribution in [0.4, 0.5) is 4.79 Å². The zero-order valence-corrected chi connectivity index (χ0v) is 26.3. The molecule has 1 saturated heterocycles. The fourth-order valence-corrected chi connectivity index (χ4v) is 6.46. The number of primary amides is 1. The van der Waals surface area contributed by atoms with Gasteiger partial charge in [0.1, 0.15) is 18.1 Å². The van der Waals surface area contributed by atoms with Gasteiger partial charge in [-0.3, -0.25) is 19.2 Å². The topological polar surface area (TPSA) is 304 Å². The summed E-state index contributed by atoms with van der Waals surface area (Å²) in [6.45, 7) is 14.3. The maximum Gasteiger partial charge on any atom is 0.315 e. The third kappa shape index (κ3) is 5.33. The Balaban J connectivity index is 1.95. The maximum absolute atomic E-state index is 14.0. The smallest absolute Gasteiger partial charge is 0.315 e. The van der Waals surface area contributed by atoms with E-state index in [9.17, 15) is 49.5 Å². The van der Waals surface area contributed by atoms with Crippen LogP contribution in [-0.4, -0.2) is 113 Å². The van der Waals surface area contributed by atoms with Gasteiger partial charge in [0.25, 0.3) is 5.91 Å². The largest absolute Gasteiger partial charge is 0.379 e. The summed E-state index contributed by atoms with van der Waals surface area (Å²) in [5.74, 6) is -12.5. The Morgan fingerprint density at radius 1 is 0.909 bits per heavy atom. The molecular formula is C27H47N7O10. The molecule has 17 heteroatoms. The zero-order valence-electron chi connectivity index (χ0n) is 26.3. The molecule has 5 unspecified atom stereocenters. The third-order valence-corrected chi connectivity index (χ3v) is 9.32. The molecule has 3 aliphatic rings. The number of ketones is 1. The number of hydrogen-bond donors (Lipinski definition) is 11. The highest BCUT2D eigenvalue weighted by Gasteiger charge is 2.87. The number of nitrogens with zero attached hydrogens (tertiary/aromatic N) is 1. The van der Waals surface area contributed by atoms with Crippen molar-refractivity contribution in [2.75, 3.05) is 6.54 Å². The lowest BCUT2D eigenvalue weighted by molar-refractivity contribution is -0.508. The second-order valence-corrected chi connectivity index (χ2v) is 15.1. The van der Waals surface area contributed by atoms with Crippen LogP contribution in [0, 0.1) is 22.7 Å². The van der Waals surface area contributed by atoms with E-state index in [2.05, 4.69) is 16.0 Å². The molecule has 3 fully saturated rings. The van der Waals surface area contributed by atoms with E-state index in [4.69, 9.17) is 17.2 Å². The first-order valence-electron chi connectivity index (χ1n) is 14.2. The average Bonchev–Trinajstić information content (AvgIpc) is 3.16. The van der Waals surface area contributed by atoms with Crippen LogP contribution in [0.3, 0.4) is 0 Å². The van der Waals surface area contributed by atoms with E-state index in [1.165, 1.54) is 4.90 Å². The molecule has 0 aromatic carbocycles. The van der Waals surface area contributed by atoms with E-state index in [-0.39, 0.29) is 12.5 Å². The number of nitrogens with one attached hydrogen (secondary N) is 3. The van der Waals surface area contributed by atoms with E-state index in [0.29, 0.717) is 0 Å². The minimum Gasteiger partial charge on any atom is -0.379 e. The summed E-state index contributed by atoms with van der Waals surface area (Å²) < 4.78 is 0. The fraction of sp³-hybridized carbons (Fsp3) is 0.815. The Hall–Kier alpha value is -2.93. The second kappa shape index (κ2) is 10.3. The maximum atomic E-state index is 14.0. The lowest BCUT2D eigenvalue weighted by Gasteiger charge is -2.66. The average molecular weight is 630 g/mol. The van der Waals surface area contributed by atoms with E-state index in [1.54, 1.807) is 41.5 Å². The minimum absolute atomic E-state index is 0.123. The van der Waals surface area contributed by atoms with Gasteiger partial charge in [0, 0.05) is 18.5 Å². The number of rotatable bonds is 8. The lowest BCUT2D eigenvalue weighted by atomic mass is 9.56. The van der Waals surface area contributed by atoms with E-state index >= 15 is 0 Å². The first-order valence-corrected chi connectivity index (χ1v) is 14.2. The van der Waals surface area contributed by atoms with Gasteiger partial charge in [-0.05, 0) is 43.4 Å². The summed E-state index contributed by atoms with van der Waals surface area (Å²) in [6, 6.07) is -5.08. The Morgan fingerprint density at radius 3 is 1.84 bits per heavy atom. The number of piperidine rings is 1. The van der Waals surface area contributed by atoms with Crippen molar-refractivity contribution in [1.82, 2.24) is 20.9 Å². The number of aliphatic hydroxyl groups is 5. The van der Waals surface area contributed by atoms with E-state index in [1.807, 2.05) is 13.8 Å². The number of nitrogens with two attached hydrogens (primary N) is 3. The molecule has 17 nitrogen and oxygen atoms in total. The summed E-state index contributed by atoms with van der Waals surface area (Å²) in [6.07, 6.45) is -1.37. The predicted molar refractivity (Wildman–Crippen MR) is 152 cm³/mol. The third-order valence-electron chi connectivity index (χ3n) is 9.32. The molecule has 0 spiro atoms. The molecule has 5 atom stereocenters. The summed E-state index contributed by atoms with van der Waals surface area (Å²) in [7, 11) is 0. The van der Waals surface area contributed by atoms with Gasteiger partial charge in [-0.25, -0.2) is 4.79 Å². The van der Waals surface area contributed by atoms with Gasteiger partial charge in [-0.15, -0.1) is 0 Å². The molecule has 0 bridgehead atoms. The summed E-state index contributed by atoms with van der Waals surface area (Å²) >= 11 is 0. The molecule has 250 valence electrons. The Bertz CT molecular complexity index is 1230. The second-order valence-electron chi connectivity index (χ2n) is 15.1. The van der Waals surface area contributed by atoms with Crippen molar-refractivity contribution < 1.29 is 49.5 Å². The number of carbonyl (C=O) groups is 5. The van der Waals surface area contributed by atoms with Crippen molar-refractivity contribution in [2.45, 2.75) is 108 Å². The van der Waals surface area contributed by atoms with Crippen LogP contribution in [0.25, 0.3) is 0 Å². The van der Waals surface area contributed by atoms with Gasteiger partial charge in [0.2, 0.25) is 29.2 Å². The number of carbonyl (C=O) groups excluding carboxylic acids is 5. The number of Topliss-reactive ketones (excluding diaryl/α,β-unsaturated/α-hetero) is 1. The van der Waals surface area contributed by atoms with E-state index < -0.39 is 99.2 Å². The lowest BCUT2D eigenvalue weighted by Crippen LogP contribution is -3.01. The molecule has 0 aromatic rings. The summed E-state index contributed by atoms with van der Waals surface area (Å²) in [5.41, 5.74) is 7.49. The van der Waals surface area contributed by atoms with Gasteiger partial charge in [-0.2, -0.15) is 0 Å². The first-order chi connectivity index (χ1) is 19.5. The van der Waals surface area contributed by atoms with Crippen LogP contribution in [0.5, 0.6) is 0 Å². The molecule has 44 heavy (non-hydrogen) atoms. The van der Waals surface area contributed by atoms with Gasteiger partial charge < -0.3 is 63.6 Å². The van der Waals surface area contributed by atoms with Crippen molar-refractivity contribution in [1.29, 1.82) is 0 Å². The highest BCUT2D eigenvalue weighted by atomic mass is 16.6. The molecule has 0 aromatic heterocycles. The Labute approximate surface area is 254 Å². The van der Waals surface area contributed by atoms with Crippen molar-refractivity contribution in [3.63, 3.8) is 0 Å². The molecular weight excluding hydrogens is 582 g/mol. The molecule has 3 rings (SSSR count). The summed E-state index contributed by atoms with van der Waals surface area (Å²) in [5, 5.41) is 59.8. The Kier molecular flexibility index (Phi) is 8.32. The molecule has 2 aliphatic carbocycles. The highest BCUT2D eigenvalue weighted by Crippen LogP contribution is 2.65. The van der Waals surface area contributed by atoms with Crippen molar-refractivity contribution in [3.8, 4) is 0 Å². The van der Waals surface area contributed by atoms with Gasteiger partial charge >= 0.3 is 6.03 Å². The zero-order chi connectivity index (χ0) is 34.4. The van der Waals surface area contributed by atoms with Gasteiger partial charge in [-0.1, -0.05) is 34.6 Å². The molecule has 2 saturated carbocycles. The summed E-state index contributed by atoms with van der Waals surface area (Å²) in [4.78, 5) is 66.5. The Morgan fingerprint density at radius 2 is 1.41 bits per heavy atom. The highest BCUT2D eigenvalue weighted by molar-refractivity contribution is 6.38. The van der Waals surface area contributed by atoms with Crippen molar-refractivity contribution >= 4 is 29.5 Å². The van der Waals surface area contributed by atoms with Crippen molar-refractivity contribution in [3.05, 3.63) is 0 Å². The number of fused-ring (bicyclic) bond motifs is 1. The van der Waals surface area contributed by atoms with E-state index in [0.717, 1.165) is 0 Å². The molecule has 1 aliphatic heterocycles. The molecule has 0 radical (unpaired) electrons. The van der Waals surface area contributed by atoms with Crippen LogP contribution in [0.15, 0.2) is 0 Å². The van der Waals surface area contributed by atoms with Crippen LogP contribution >= 0.6 is 0 Å². The first kappa shape index (κ1) is 35.5. The van der Waals surface area contributed by atoms with Crippen LogP contribution in [0.1, 0.15) is 61.8 Å². The number of urea groups is 1. The fourth-order valence-electron chi connectivity index (χ4n) is 6.46. The number of likely N-dealkylation sites (tertiary alicyclic amines) is 1. The van der Waals surface area contributed by atoms with Crippen LogP contribution < -0.4 is 33.2 Å². The number of hydrogen-bond acceptors (Lipinski definition) is 12. The normalized spacial score (nSPS) is 28.4. The standard InChI is InChI=1S/C27H47N7O10/c1-21(2,3)16(32-20(39)33-22(4,5)6)19(38)34-10-11-13(23(11,7)8)14(34)18(37)31-12(15(35)17(28)36)9-24(40)26(41,42)25(29,30)27(24,43)44/h11-14,16,40-44H,9-10,29-30H2,1-8H3,(H2,28,36)(H,31,37)(H2,32,33,39). The molecule has 5 amide bonds. The van der Waals surface area contributed by atoms with Crippen LogP contribution in [-0.2, 0) is 19.2 Å². The minimum atomic E-state index is -3.61. The number of amides is 5. The quantitative estimate of drug-likeness (QED) is 0.0896. The van der Waals surface area contributed by atoms with Gasteiger partial charge in [0.15, 0.2) is 11.3 Å². The van der Waals surface area contributed by atoms with Crippen LogP contribution in [0.2, 0.25) is 0 Å².